The van der Waals surface area contributed by atoms with Gasteiger partial charge in [0.1, 0.15) is 5.82 Å². The number of H-pyrrole nitrogens is 1. The normalized spacial score (nSPS) is 11.0. The lowest BCUT2D eigenvalue weighted by molar-refractivity contribution is 0.438. The van der Waals surface area contributed by atoms with Crippen molar-refractivity contribution in [1.29, 1.82) is 0 Å². The van der Waals surface area contributed by atoms with E-state index >= 15 is 0 Å². The van der Waals surface area contributed by atoms with Gasteiger partial charge in [-0.15, -0.1) is 0 Å². The van der Waals surface area contributed by atoms with Crippen LogP contribution in [0.25, 0.3) is 11.2 Å². The Morgan fingerprint density at radius 1 is 1.14 bits per heavy atom. The first-order valence-corrected chi connectivity index (χ1v) is 7.58. The van der Waals surface area contributed by atoms with E-state index in [0.717, 1.165) is 36.4 Å². The molecule has 2 N–H and O–H groups in total. The van der Waals surface area contributed by atoms with E-state index in [2.05, 4.69) is 45.8 Å². The van der Waals surface area contributed by atoms with Gasteiger partial charge in [0.25, 0.3) is 6.01 Å². The van der Waals surface area contributed by atoms with Crippen LogP contribution in [0, 0.1) is 0 Å². The lowest BCUT2D eigenvalue weighted by Crippen LogP contribution is -2.24. The molecule has 0 amide bonds. The molecule has 0 fully saturated rings. The van der Waals surface area contributed by atoms with Crippen LogP contribution in [0.1, 0.15) is 25.0 Å². The zero-order chi connectivity index (χ0) is 15.5. The minimum Gasteiger partial charge on any atom is -0.480 e. The van der Waals surface area contributed by atoms with Crippen molar-refractivity contribution in [3.8, 4) is 6.01 Å². The van der Waals surface area contributed by atoms with E-state index in [1.54, 1.807) is 0 Å². The Labute approximate surface area is 129 Å². The molecule has 5 heteroatoms. The summed E-state index contributed by atoms with van der Waals surface area (Å²) in [6.45, 7) is 5.89. The third-order valence-corrected chi connectivity index (χ3v) is 3.80. The molecule has 1 aromatic carbocycles. The Bertz CT molecular complexity index is 767. The van der Waals surface area contributed by atoms with Crippen molar-refractivity contribution in [3.63, 3.8) is 0 Å². The van der Waals surface area contributed by atoms with Gasteiger partial charge in [-0.2, -0.15) is 4.98 Å². The van der Waals surface area contributed by atoms with E-state index in [4.69, 9.17) is 0 Å². The van der Waals surface area contributed by atoms with Crippen molar-refractivity contribution in [2.75, 3.05) is 11.4 Å². The molecule has 0 spiro atoms. The highest BCUT2D eigenvalue weighted by Crippen LogP contribution is 2.25. The Kier molecular flexibility index (Phi) is 3.96. The van der Waals surface area contributed by atoms with E-state index in [1.807, 2.05) is 24.3 Å². The minimum atomic E-state index is -0.0900. The molecule has 0 aliphatic rings. The van der Waals surface area contributed by atoms with Crippen molar-refractivity contribution in [2.24, 2.45) is 0 Å². The predicted octanol–water partition coefficient (Wildman–Crippen LogP) is 3.25. The zero-order valence-corrected chi connectivity index (χ0v) is 12.9. The average Bonchev–Trinajstić information content (AvgIpc) is 2.91. The summed E-state index contributed by atoms with van der Waals surface area (Å²) in [5.74, 6) is 0.938. The van der Waals surface area contributed by atoms with Crippen LogP contribution in [0.2, 0.25) is 0 Å². The van der Waals surface area contributed by atoms with Gasteiger partial charge in [-0.25, -0.2) is 4.98 Å². The highest BCUT2D eigenvalue weighted by atomic mass is 16.3. The molecule has 0 saturated carbocycles. The number of aromatic nitrogens is 3. The summed E-state index contributed by atoms with van der Waals surface area (Å²) in [4.78, 5) is 13.8. The molecule has 0 atom stereocenters. The van der Waals surface area contributed by atoms with E-state index in [1.165, 1.54) is 5.56 Å². The van der Waals surface area contributed by atoms with E-state index in [-0.39, 0.29) is 6.01 Å². The number of benzene rings is 1. The molecule has 5 nitrogen and oxygen atoms in total. The monoisotopic (exact) mass is 296 g/mol. The summed E-state index contributed by atoms with van der Waals surface area (Å²) in [6, 6.07) is 12.3. The van der Waals surface area contributed by atoms with E-state index < -0.39 is 0 Å². The number of pyridine rings is 1. The number of aromatic amines is 1. The summed E-state index contributed by atoms with van der Waals surface area (Å²) in [5.41, 5.74) is 3.72. The number of rotatable bonds is 5. The van der Waals surface area contributed by atoms with Crippen LogP contribution in [-0.2, 0) is 13.0 Å². The smallest absolute Gasteiger partial charge is 0.293 e. The second-order valence-electron chi connectivity index (χ2n) is 5.26. The van der Waals surface area contributed by atoms with Gasteiger partial charge in [0.15, 0.2) is 5.65 Å². The minimum absolute atomic E-state index is 0.0900. The van der Waals surface area contributed by atoms with E-state index in [9.17, 15) is 5.11 Å². The number of fused-ring (bicyclic) bond motifs is 1. The van der Waals surface area contributed by atoms with Crippen molar-refractivity contribution in [2.45, 2.75) is 26.8 Å². The average molecular weight is 296 g/mol. The molecule has 2 heterocycles. The van der Waals surface area contributed by atoms with Gasteiger partial charge in [0, 0.05) is 13.1 Å². The van der Waals surface area contributed by atoms with Gasteiger partial charge in [0.05, 0.1) is 5.52 Å². The van der Waals surface area contributed by atoms with Crippen LogP contribution in [-0.4, -0.2) is 26.6 Å². The van der Waals surface area contributed by atoms with Crippen molar-refractivity contribution >= 4 is 17.0 Å². The van der Waals surface area contributed by atoms with Crippen LogP contribution in [0.3, 0.4) is 0 Å². The first-order valence-electron chi connectivity index (χ1n) is 7.58. The zero-order valence-electron chi connectivity index (χ0n) is 12.9. The van der Waals surface area contributed by atoms with Crippen LogP contribution in [0.4, 0.5) is 5.82 Å². The largest absolute Gasteiger partial charge is 0.480 e. The number of aryl methyl sites for hydroxylation is 1. The molecule has 0 unspecified atom stereocenters. The molecule has 3 aromatic rings. The Balaban J connectivity index is 2.01. The number of nitrogens with one attached hydrogen (secondary N) is 1. The number of hydrogen-bond donors (Lipinski definition) is 2. The molecular weight excluding hydrogens is 276 g/mol. The summed E-state index contributed by atoms with van der Waals surface area (Å²) in [5, 5.41) is 9.52. The highest BCUT2D eigenvalue weighted by Gasteiger charge is 2.15. The molecule has 0 saturated heterocycles. The van der Waals surface area contributed by atoms with Gasteiger partial charge < -0.3 is 15.0 Å². The molecule has 0 radical (unpaired) electrons. The Morgan fingerprint density at radius 3 is 2.59 bits per heavy atom. The summed E-state index contributed by atoms with van der Waals surface area (Å²) < 4.78 is 0. The molecule has 3 rings (SSSR count). The third kappa shape index (κ3) is 2.74. The van der Waals surface area contributed by atoms with Gasteiger partial charge in [-0.3, -0.25) is 0 Å². The first-order chi connectivity index (χ1) is 10.7. The van der Waals surface area contributed by atoms with E-state index in [0.29, 0.717) is 5.65 Å². The second kappa shape index (κ2) is 6.05. The second-order valence-corrected chi connectivity index (χ2v) is 5.26. The number of aromatic hydroxyl groups is 1. The molecule has 0 aliphatic carbocycles. The van der Waals surface area contributed by atoms with Crippen LogP contribution in [0.15, 0.2) is 36.4 Å². The standard InChI is InChI=1S/C17H20N4O/c1-3-13-10-14-15(20-17(22)18-14)19-16(13)21(4-2)11-12-8-6-5-7-9-12/h5-10H,3-4,11H2,1-2H3,(H2,18,19,20,22). The fourth-order valence-electron chi connectivity index (χ4n) is 2.64. The van der Waals surface area contributed by atoms with Gasteiger partial charge in [-0.1, -0.05) is 37.3 Å². The number of imidazole rings is 1. The predicted molar refractivity (Wildman–Crippen MR) is 88.1 cm³/mol. The summed E-state index contributed by atoms with van der Waals surface area (Å²) in [6.07, 6.45) is 0.878. The van der Waals surface area contributed by atoms with Gasteiger partial charge in [0.2, 0.25) is 0 Å². The fraction of sp³-hybridized carbons (Fsp3) is 0.294. The number of anilines is 1. The SMILES string of the molecule is CCc1cc2[nH]c(O)nc2nc1N(CC)Cc1ccccc1. The van der Waals surface area contributed by atoms with Crippen LogP contribution >= 0.6 is 0 Å². The van der Waals surface area contributed by atoms with Crippen molar-refractivity contribution in [1.82, 2.24) is 15.0 Å². The van der Waals surface area contributed by atoms with Gasteiger partial charge in [-0.05, 0) is 30.5 Å². The molecule has 2 aromatic heterocycles. The lowest BCUT2D eigenvalue weighted by Gasteiger charge is -2.24. The maximum atomic E-state index is 9.52. The van der Waals surface area contributed by atoms with Crippen molar-refractivity contribution in [3.05, 3.63) is 47.5 Å². The quantitative estimate of drug-likeness (QED) is 0.758. The Morgan fingerprint density at radius 2 is 1.91 bits per heavy atom. The number of hydrogen-bond acceptors (Lipinski definition) is 4. The Hall–Kier alpha value is -2.56. The maximum absolute atomic E-state index is 9.52. The van der Waals surface area contributed by atoms with Gasteiger partial charge >= 0.3 is 0 Å². The molecular formula is C17H20N4O. The van der Waals surface area contributed by atoms with Crippen molar-refractivity contribution < 1.29 is 5.11 Å². The molecule has 0 bridgehead atoms. The molecule has 114 valence electrons. The third-order valence-electron chi connectivity index (χ3n) is 3.80. The van der Waals surface area contributed by atoms with Crippen LogP contribution in [0.5, 0.6) is 6.01 Å². The topological polar surface area (TPSA) is 65.0 Å². The first kappa shape index (κ1) is 14.4. The maximum Gasteiger partial charge on any atom is 0.293 e. The summed E-state index contributed by atoms with van der Waals surface area (Å²) in [7, 11) is 0. The molecule has 22 heavy (non-hydrogen) atoms. The molecule has 0 aliphatic heterocycles. The van der Waals surface area contributed by atoms with Crippen LogP contribution < -0.4 is 4.90 Å². The number of nitrogens with zero attached hydrogens (tertiary/aromatic N) is 3. The fourth-order valence-corrected chi connectivity index (χ4v) is 2.64. The highest BCUT2D eigenvalue weighted by molar-refractivity contribution is 5.76. The summed E-state index contributed by atoms with van der Waals surface area (Å²) >= 11 is 0. The lowest BCUT2D eigenvalue weighted by atomic mass is 10.1.